The monoisotopic (exact) mass is 299 g/mol. The molecule has 3 N–H and O–H groups in total. The molecular weight excluding hydrogens is 282 g/mol. The van der Waals surface area contributed by atoms with E-state index in [1.807, 2.05) is 0 Å². The zero-order valence-electron chi connectivity index (χ0n) is 10.7. The summed E-state index contributed by atoms with van der Waals surface area (Å²) in [5.41, 5.74) is 0.815. The second-order valence-corrected chi connectivity index (χ2v) is 6.97. The summed E-state index contributed by atoms with van der Waals surface area (Å²) in [5.74, 6) is 1.06. The molecule has 0 aromatic heterocycles. The van der Waals surface area contributed by atoms with E-state index in [1.54, 1.807) is 23.9 Å². The molecule has 1 atom stereocenters. The Kier molecular flexibility index (Phi) is 4.49. The van der Waals surface area contributed by atoms with Crippen molar-refractivity contribution in [2.24, 2.45) is 10.1 Å². The highest BCUT2D eigenvalue weighted by atomic mass is 32.2. The lowest BCUT2D eigenvalue weighted by Gasteiger charge is -2.19. The maximum Gasteiger partial charge on any atom is 0.238 e. The highest BCUT2D eigenvalue weighted by Crippen LogP contribution is 2.21. The fraction of sp³-hybridized carbons (Fsp3) is 0.417. The Morgan fingerprint density at radius 2 is 2.11 bits per heavy atom. The molecule has 19 heavy (non-hydrogen) atoms. The number of anilines is 1. The van der Waals surface area contributed by atoms with Crippen LogP contribution in [0.2, 0.25) is 0 Å². The normalized spacial score (nSPS) is 19.9. The van der Waals surface area contributed by atoms with Crippen molar-refractivity contribution in [3.8, 4) is 0 Å². The summed E-state index contributed by atoms with van der Waals surface area (Å²) < 4.78 is 22.3. The highest BCUT2D eigenvalue weighted by Gasteiger charge is 2.14. The van der Waals surface area contributed by atoms with E-state index < -0.39 is 10.0 Å². The minimum Gasteiger partial charge on any atom is -0.335 e. The van der Waals surface area contributed by atoms with Crippen molar-refractivity contribution in [3.05, 3.63) is 24.3 Å². The van der Waals surface area contributed by atoms with Gasteiger partial charge < -0.3 is 5.32 Å². The van der Waals surface area contributed by atoms with Gasteiger partial charge in [-0.2, -0.15) is 0 Å². The number of rotatable bonds is 3. The Labute approximate surface area is 117 Å². The van der Waals surface area contributed by atoms with Gasteiger partial charge in [-0.05, 0) is 37.1 Å². The smallest absolute Gasteiger partial charge is 0.238 e. The summed E-state index contributed by atoms with van der Waals surface area (Å²) >= 11 is 1.68. The predicted molar refractivity (Wildman–Crippen MR) is 80.0 cm³/mol. The Morgan fingerprint density at radius 3 is 2.68 bits per heavy atom. The number of thioether (sulfide) groups is 1. The van der Waals surface area contributed by atoms with Gasteiger partial charge in [-0.3, -0.25) is 4.99 Å². The van der Waals surface area contributed by atoms with Crippen molar-refractivity contribution >= 4 is 32.6 Å². The van der Waals surface area contributed by atoms with Crippen LogP contribution in [0.1, 0.15) is 19.8 Å². The van der Waals surface area contributed by atoms with Crippen LogP contribution in [0.3, 0.4) is 0 Å². The fourth-order valence-electron chi connectivity index (χ4n) is 1.77. The largest absolute Gasteiger partial charge is 0.335 e. The van der Waals surface area contributed by atoms with Gasteiger partial charge in [-0.1, -0.05) is 18.7 Å². The van der Waals surface area contributed by atoms with Gasteiger partial charge >= 0.3 is 0 Å². The lowest BCUT2D eigenvalue weighted by atomic mass is 10.2. The zero-order chi connectivity index (χ0) is 13.9. The van der Waals surface area contributed by atoms with E-state index in [0.717, 1.165) is 29.4 Å². The SMILES string of the molecule is CCC1CCSC(Nc2ccc(S(N)(=O)=O)cc2)=N1. The number of aliphatic imine (C=N–C) groups is 1. The van der Waals surface area contributed by atoms with Gasteiger partial charge in [-0.25, -0.2) is 13.6 Å². The molecule has 1 aliphatic rings. The summed E-state index contributed by atoms with van der Waals surface area (Å²) in [6, 6.07) is 6.75. The topological polar surface area (TPSA) is 84.5 Å². The Morgan fingerprint density at radius 1 is 1.42 bits per heavy atom. The molecule has 0 radical (unpaired) electrons. The third kappa shape index (κ3) is 3.95. The number of primary sulfonamides is 1. The van der Waals surface area contributed by atoms with Gasteiger partial charge in [0.2, 0.25) is 10.0 Å². The first-order chi connectivity index (χ1) is 8.99. The number of sulfonamides is 1. The summed E-state index contributed by atoms with van der Waals surface area (Å²) in [5, 5.41) is 9.14. The fourth-order valence-corrected chi connectivity index (χ4v) is 3.29. The molecule has 0 saturated heterocycles. The van der Waals surface area contributed by atoms with Gasteiger partial charge in [0.15, 0.2) is 5.17 Å². The molecule has 1 heterocycles. The molecule has 1 aliphatic heterocycles. The Bertz CT molecular complexity index is 567. The number of nitrogens with two attached hydrogens (primary N) is 1. The number of hydrogen-bond donors (Lipinski definition) is 2. The van der Waals surface area contributed by atoms with Crippen LogP contribution in [-0.4, -0.2) is 25.4 Å². The van der Waals surface area contributed by atoms with Crippen LogP contribution in [0, 0.1) is 0 Å². The first-order valence-electron chi connectivity index (χ1n) is 6.09. The van der Waals surface area contributed by atoms with Crippen LogP contribution in [0.15, 0.2) is 34.2 Å². The summed E-state index contributed by atoms with van der Waals surface area (Å²) in [6.45, 7) is 2.13. The molecule has 1 aromatic rings. The van der Waals surface area contributed by atoms with Crippen LogP contribution >= 0.6 is 11.8 Å². The first-order valence-corrected chi connectivity index (χ1v) is 8.62. The molecule has 7 heteroatoms. The van der Waals surface area contributed by atoms with E-state index >= 15 is 0 Å². The molecule has 0 fully saturated rings. The molecule has 0 bridgehead atoms. The average Bonchev–Trinajstić information content (AvgIpc) is 2.38. The summed E-state index contributed by atoms with van der Waals surface area (Å²) in [4.78, 5) is 4.71. The van der Waals surface area contributed by atoms with Crippen molar-refractivity contribution < 1.29 is 8.42 Å². The van der Waals surface area contributed by atoms with Gasteiger partial charge in [0, 0.05) is 11.4 Å². The number of nitrogens with zero attached hydrogens (tertiary/aromatic N) is 1. The minimum atomic E-state index is -3.63. The molecule has 1 aromatic carbocycles. The van der Waals surface area contributed by atoms with Crippen LogP contribution in [0.25, 0.3) is 0 Å². The average molecular weight is 299 g/mol. The van der Waals surface area contributed by atoms with Gasteiger partial charge in [0.1, 0.15) is 0 Å². The maximum atomic E-state index is 11.1. The lowest BCUT2D eigenvalue weighted by molar-refractivity contribution is 0.598. The molecule has 0 spiro atoms. The third-order valence-electron chi connectivity index (χ3n) is 2.90. The molecule has 0 saturated carbocycles. The number of hydrogen-bond acceptors (Lipinski definition) is 5. The minimum absolute atomic E-state index is 0.114. The van der Waals surface area contributed by atoms with E-state index in [9.17, 15) is 8.42 Å². The number of nitrogens with one attached hydrogen (secondary N) is 1. The maximum absolute atomic E-state index is 11.1. The van der Waals surface area contributed by atoms with E-state index in [2.05, 4.69) is 17.2 Å². The second-order valence-electron chi connectivity index (χ2n) is 4.33. The molecule has 0 amide bonds. The van der Waals surface area contributed by atoms with Gasteiger partial charge in [-0.15, -0.1) is 0 Å². The zero-order valence-corrected chi connectivity index (χ0v) is 12.3. The van der Waals surface area contributed by atoms with Crippen molar-refractivity contribution in [2.45, 2.75) is 30.7 Å². The van der Waals surface area contributed by atoms with Crippen LogP contribution in [-0.2, 0) is 10.0 Å². The molecule has 104 valence electrons. The van der Waals surface area contributed by atoms with Crippen molar-refractivity contribution in [1.29, 1.82) is 0 Å². The third-order valence-corrected chi connectivity index (χ3v) is 4.75. The van der Waals surface area contributed by atoms with Crippen LogP contribution < -0.4 is 10.5 Å². The van der Waals surface area contributed by atoms with Crippen molar-refractivity contribution in [3.63, 3.8) is 0 Å². The quantitative estimate of drug-likeness (QED) is 0.894. The highest BCUT2D eigenvalue weighted by molar-refractivity contribution is 8.14. The van der Waals surface area contributed by atoms with Crippen molar-refractivity contribution in [2.75, 3.05) is 11.1 Å². The lowest BCUT2D eigenvalue weighted by Crippen LogP contribution is -2.19. The molecule has 1 unspecified atom stereocenters. The van der Waals surface area contributed by atoms with Crippen molar-refractivity contribution in [1.82, 2.24) is 0 Å². The molecule has 0 aliphatic carbocycles. The van der Waals surface area contributed by atoms with E-state index in [4.69, 9.17) is 5.14 Å². The van der Waals surface area contributed by atoms with Gasteiger partial charge in [0.25, 0.3) is 0 Å². The number of amidine groups is 1. The Hall–Kier alpha value is -1.05. The Balaban J connectivity index is 2.10. The van der Waals surface area contributed by atoms with Crippen LogP contribution in [0.5, 0.6) is 0 Å². The first kappa shape index (κ1) is 14.4. The van der Waals surface area contributed by atoms with E-state index in [0.29, 0.717) is 6.04 Å². The van der Waals surface area contributed by atoms with Crippen LogP contribution in [0.4, 0.5) is 5.69 Å². The standard InChI is InChI=1S/C12H17N3O2S2/c1-2-9-7-8-18-12(14-9)15-10-3-5-11(6-4-10)19(13,16)17/h3-6,9H,2,7-8H2,1H3,(H,14,15)(H2,13,16,17). The molecule has 5 nitrogen and oxygen atoms in total. The van der Waals surface area contributed by atoms with E-state index in [1.165, 1.54) is 12.1 Å². The number of benzene rings is 1. The molecular formula is C12H17N3O2S2. The predicted octanol–water partition coefficient (Wildman–Crippen LogP) is 2.02. The van der Waals surface area contributed by atoms with Gasteiger partial charge in [0.05, 0.1) is 10.9 Å². The van der Waals surface area contributed by atoms with E-state index in [-0.39, 0.29) is 4.90 Å². The molecule has 2 rings (SSSR count). The second kappa shape index (κ2) is 5.94. The summed E-state index contributed by atoms with van der Waals surface area (Å²) in [7, 11) is -3.63. The summed E-state index contributed by atoms with van der Waals surface area (Å²) in [6.07, 6.45) is 2.15.